The zero-order valence-corrected chi connectivity index (χ0v) is 15.2. The van der Waals surface area contributed by atoms with E-state index < -0.39 is 15.1 Å². The van der Waals surface area contributed by atoms with Gasteiger partial charge in [0.15, 0.2) is 0 Å². The molecule has 1 rings (SSSR count). The van der Waals surface area contributed by atoms with Gasteiger partial charge in [0.1, 0.15) is 4.99 Å². The molecule has 0 radical (unpaired) electrons. The van der Waals surface area contributed by atoms with Crippen molar-refractivity contribution in [2.24, 2.45) is 5.92 Å². The molecular formula is C15H25O5PS. The summed E-state index contributed by atoms with van der Waals surface area (Å²) in [4.78, 5) is 9.98. The normalized spacial score (nSPS) is 13.5. The summed E-state index contributed by atoms with van der Waals surface area (Å²) in [6.07, 6.45) is 1.97. The average Bonchev–Trinajstić information content (AvgIpc) is 2.47. The Morgan fingerprint density at radius 2 is 1.82 bits per heavy atom. The molecule has 0 heterocycles. The Morgan fingerprint density at radius 3 is 2.23 bits per heavy atom. The van der Waals surface area contributed by atoms with Crippen LogP contribution in [0, 0.1) is 5.92 Å². The summed E-state index contributed by atoms with van der Waals surface area (Å²) in [7, 11) is -1.91. The van der Waals surface area contributed by atoms with E-state index in [-0.39, 0.29) is 11.9 Å². The van der Waals surface area contributed by atoms with Gasteiger partial charge >= 0.3 is 5.97 Å². The topological polar surface area (TPSA) is 80.7 Å². The molecule has 0 aromatic heterocycles. The number of carbonyl (C=O) groups excluding carboxylic acids is 1. The van der Waals surface area contributed by atoms with Crippen molar-refractivity contribution < 1.29 is 22.5 Å². The van der Waals surface area contributed by atoms with Gasteiger partial charge in [0.25, 0.3) is 10.1 Å². The van der Waals surface area contributed by atoms with Crippen LogP contribution in [-0.2, 0) is 19.6 Å². The van der Waals surface area contributed by atoms with Crippen LogP contribution < -0.4 is 0 Å². The minimum atomic E-state index is -3.99. The van der Waals surface area contributed by atoms with E-state index in [0.717, 1.165) is 12.8 Å². The largest absolute Gasteiger partial charge is 0.466 e. The summed E-state index contributed by atoms with van der Waals surface area (Å²) in [5, 5.41) is 0. The summed E-state index contributed by atoms with van der Waals surface area (Å²) >= 11 is 0. The summed E-state index contributed by atoms with van der Waals surface area (Å²) < 4.78 is 34.8. The van der Waals surface area contributed by atoms with E-state index in [0.29, 0.717) is 12.2 Å². The SMILES string of the molecule is CCCC(C)C(=O)OCC.O=S(=O)(O)C(P)c1ccccc1. The van der Waals surface area contributed by atoms with Crippen LogP contribution >= 0.6 is 9.24 Å². The average molecular weight is 348 g/mol. The molecule has 0 amide bonds. The minimum absolute atomic E-state index is 0.0654. The van der Waals surface area contributed by atoms with Crippen molar-refractivity contribution in [2.75, 3.05) is 6.61 Å². The highest BCUT2D eigenvalue weighted by atomic mass is 32.2. The molecule has 1 aromatic carbocycles. The van der Waals surface area contributed by atoms with Crippen LogP contribution in [0.25, 0.3) is 0 Å². The van der Waals surface area contributed by atoms with Gasteiger partial charge in [-0.3, -0.25) is 9.35 Å². The zero-order chi connectivity index (χ0) is 17.2. The Morgan fingerprint density at radius 1 is 1.27 bits per heavy atom. The Hall–Kier alpha value is -0.970. The van der Waals surface area contributed by atoms with E-state index in [9.17, 15) is 13.2 Å². The number of carbonyl (C=O) groups is 1. The molecule has 0 spiro atoms. The fourth-order valence-corrected chi connectivity index (χ4v) is 2.37. The molecule has 22 heavy (non-hydrogen) atoms. The second-order valence-corrected chi connectivity index (χ2v) is 7.48. The maximum absolute atomic E-state index is 10.9. The van der Waals surface area contributed by atoms with Crippen LogP contribution in [0.4, 0.5) is 0 Å². The van der Waals surface area contributed by atoms with Crippen LogP contribution in [0.15, 0.2) is 30.3 Å². The molecule has 0 aliphatic carbocycles. The smallest absolute Gasteiger partial charge is 0.308 e. The third-order valence-corrected chi connectivity index (χ3v) is 5.19. The number of hydrogen-bond donors (Lipinski definition) is 1. The van der Waals surface area contributed by atoms with Gasteiger partial charge < -0.3 is 4.74 Å². The highest BCUT2D eigenvalue weighted by Crippen LogP contribution is 2.27. The van der Waals surface area contributed by atoms with Crippen molar-refractivity contribution >= 4 is 25.3 Å². The van der Waals surface area contributed by atoms with Crippen LogP contribution in [-0.4, -0.2) is 25.5 Å². The third kappa shape index (κ3) is 8.47. The first-order chi connectivity index (χ1) is 10.2. The molecule has 0 aliphatic heterocycles. The van der Waals surface area contributed by atoms with Gasteiger partial charge in [0, 0.05) is 0 Å². The van der Waals surface area contributed by atoms with Crippen molar-refractivity contribution in [1.82, 2.24) is 0 Å². The van der Waals surface area contributed by atoms with E-state index in [1.807, 2.05) is 13.8 Å². The highest BCUT2D eigenvalue weighted by Gasteiger charge is 2.18. The quantitative estimate of drug-likeness (QED) is 0.484. The van der Waals surface area contributed by atoms with Gasteiger partial charge in [-0.1, -0.05) is 50.6 Å². The van der Waals surface area contributed by atoms with Crippen molar-refractivity contribution in [2.45, 2.75) is 38.6 Å². The minimum Gasteiger partial charge on any atom is -0.466 e. The monoisotopic (exact) mass is 348 g/mol. The fourth-order valence-electron chi connectivity index (χ4n) is 1.65. The zero-order valence-electron chi connectivity index (χ0n) is 13.2. The van der Waals surface area contributed by atoms with E-state index in [1.54, 1.807) is 30.3 Å². The number of rotatable bonds is 6. The van der Waals surface area contributed by atoms with Gasteiger partial charge in [0.05, 0.1) is 12.5 Å². The highest BCUT2D eigenvalue weighted by molar-refractivity contribution is 7.90. The molecule has 3 unspecified atom stereocenters. The lowest BCUT2D eigenvalue weighted by Gasteiger charge is -2.07. The lowest BCUT2D eigenvalue weighted by molar-refractivity contribution is -0.147. The van der Waals surface area contributed by atoms with Gasteiger partial charge in [-0.25, -0.2) is 0 Å². The van der Waals surface area contributed by atoms with Crippen molar-refractivity contribution in [3.05, 3.63) is 35.9 Å². The second-order valence-electron chi connectivity index (χ2n) is 4.79. The Kier molecular flexibility index (Phi) is 10.2. The molecule has 0 aliphatic rings. The van der Waals surface area contributed by atoms with E-state index in [2.05, 4.69) is 16.2 Å². The van der Waals surface area contributed by atoms with Gasteiger partial charge in [-0.05, 0) is 18.9 Å². The molecule has 0 fully saturated rings. The first-order valence-electron chi connectivity index (χ1n) is 7.17. The molecule has 1 N–H and O–H groups in total. The predicted molar refractivity (Wildman–Crippen MR) is 91.1 cm³/mol. The third-order valence-electron chi connectivity index (χ3n) is 2.86. The Bertz CT molecular complexity index is 530. The van der Waals surface area contributed by atoms with Gasteiger partial charge in [-0.2, -0.15) is 8.42 Å². The van der Waals surface area contributed by atoms with Crippen molar-refractivity contribution in [1.29, 1.82) is 0 Å². The molecule has 7 heteroatoms. The number of hydrogen-bond acceptors (Lipinski definition) is 4. The summed E-state index contributed by atoms with van der Waals surface area (Å²) in [5.41, 5.74) is 0.560. The fraction of sp³-hybridized carbons (Fsp3) is 0.533. The molecule has 126 valence electrons. The Labute approximate surface area is 135 Å². The molecule has 0 bridgehead atoms. The van der Waals surface area contributed by atoms with Crippen LogP contribution in [0.2, 0.25) is 0 Å². The van der Waals surface area contributed by atoms with Gasteiger partial charge in [-0.15, -0.1) is 9.24 Å². The van der Waals surface area contributed by atoms with Crippen molar-refractivity contribution in [3.8, 4) is 0 Å². The van der Waals surface area contributed by atoms with E-state index in [1.165, 1.54) is 0 Å². The number of benzene rings is 1. The number of esters is 1. The molecule has 1 aromatic rings. The molecule has 0 saturated heterocycles. The standard InChI is InChI=1S/C8H16O2.C7H9O3PS/c1-4-6-7(3)8(9)10-5-2;8-12(9,10)7(11)6-4-2-1-3-5-6/h7H,4-6H2,1-3H3;1-5,7H,11H2,(H,8,9,10). The Balaban J connectivity index is 0.000000409. The maximum atomic E-state index is 10.9. The first kappa shape index (κ1) is 21.0. The van der Waals surface area contributed by atoms with Crippen LogP contribution in [0.5, 0.6) is 0 Å². The number of ether oxygens (including phenoxy) is 1. The lowest BCUT2D eigenvalue weighted by atomic mass is 10.1. The van der Waals surface area contributed by atoms with E-state index in [4.69, 9.17) is 9.29 Å². The van der Waals surface area contributed by atoms with Gasteiger partial charge in [0.2, 0.25) is 0 Å². The van der Waals surface area contributed by atoms with Crippen LogP contribution in [0.1, 0.15) is 44.2 Å². The maximum Gasteiger partial charge on any atom is 0.308 e. The van der Waals surface area contributed by atoms with Crippen molar-refractivity contribution in [3.63, 3.8) is 0 Å². The molecule has 0 saturated carbocycles. The summed E-state index contributed by atoms with van der Waals surface area (Å²) in [6.45, 7) is 6.29. The molecule has 3 atom stereocenters. The summed E-state index contributed by atoms with van der Waals surface area (Å²) in [6, 6.07) is 8.51. The van der Waals surface area contributed by atoms with E-state index >= 15 is 0 Å². The van der Waals surface area contributed by atoms with Crippen LogP contribution in [0.3, 0.4) is 0 Å². The second kappa shape index (κ2) is 10.7. The predicted octanol–water partition coefficient (Wildman–Crippen LogP) is 3.43. The summed E-state index contributed by atoms with van der Waals surface area (Å²) in [5.74, 6) is 0.00861. The molecular weight excluding hydrogens is 323 g/mol. The molecule has 5 nitrogen and oxygen atoms in total. The lowest BCUT2D eigenvalue weighted by Crippen LogP contribution is -2.14. The first-order valence-corrected chi connectivity index (χ1v) is 9.34.